The van der Waals surface area contributed by atoms with E-state index >= 15 is 0 Å². The van der Waals surface area contributed by atoms with Gasteiger partial charge in [-0.25, -0.2) is 19.3 Å². The van der Waals surface area contributed by atoms with Crippen LogP contribution in [0.2, 0.25) is 0 Å². The molecule has 0 fully saturated rings. The first-order valence-corrected chi connectivity index (χ1v) is 8.77. The van der Waals surface area contributed by atoms with Crippen molar-refractivity contribution in [3.63, 3.8) is 0 Å². The summed E-state index contributed by atoms with van der Waals surface area (Å²) in [5.74, 6) is -2.23. The lowest BCUT2D eigenvalue weighted by Gasteiger charge is -2.25. The van der Waals surface area contributed by atoms with Gasteiger partial charge in [0.05, 0.1) is 33.1 Å². The zero-order chi connectivity index (χ0) is 23.0. The molecule has 0 saturated heterocycles. The Balaban J connectivity index is 2.74. The van der Waals surface area contributed by atoms with Crippen LogP contribution in [-0.4, -0.2) is 55.4 Å². The topological polar surface area (TPSA) is 170 Å². The van der Waals surface area contributed by atoms with Crippen molar-refractivity contribution in [1.82, 2.24) is 15.3 Å². The lowest BCUT2D eigenvalue weighted by Crippen LogP contribution is -2.47. The second-order valence-electron chi connectivity index (χ2n) is 5.93. The highest BCUT2D eigenvalue weighted by Crippen LogP contribution is 2.37. The Kier molecular flexibility index (Phi) is 7.68. The van der Waals surface area contributed by atoms with Crippen LogP contribution in [0.15, 0.2) is 30.7 Å². The van der Waals surface area contributed by atoms with E-state index in [4.69, 9.17) is 14.9 Å². The van der Waals surface area contributed by atoms with Crippen LogP contribution < -0.4 is 10.2 Å². The van der Waals surface area contributed by atoms with E-state index in [0.29, 0.717) is 16.0 Å². The number of esters is 1. The van der Waals surface area contributed by atoms with Crippen molar-refractivity contribution in [1.29, 1.82) is 10.7 Å². The third kappa shape index (κ3) is 4.96. The number of aromatic nitrogens is 2. The summed E-state index contributed by atoms with van der Waals surface area (Å²) in [5, 5.41) is 19.6. The molecule has 2 aromatic heterocycles. The number of anilines is 1. The van der Waals surface area contributed by atoms with Gasteiger partial charge in [-0.3, -0.25) is 15.7 Å². The van der Waals surface area contributed by atoms with Gasteiger partial charge in [-0.1, -0.05) is 6.07 Å². The smallest absolute Gasteiger partial charge is 0.421 e. The number of nitrogens with one attached hydrogen (secondary N) is 3. The molecule has 0 aliphatic heterocycles. The number of guanidine groups is 1. The number of hydrogen-bond donors (Lipinski definition) is 3. The molecular weight excluding hydrogens is 408 g/mol. The molecule has 2 rings (SSSR count). The van der Waals surface area contributed by atoms with Crippen LogP contribution in [0.5, 0.6) is 0 Å². The molecule has 31 heavy (non-hydrogen) atoms. The minimum atomic E-state index is -1.07. The number of carbonyl (C=O) groups is 3. The first-order chi connectivity index (χ1) is 14.9. The van der Waals surface area contributed by atoms with Crippen LogP contribution in [0.1, 0.15) is 34.0 Å². The standard InChI is InChI=1S/C19H20N6O6/c1-29-16(26)14-15(25(19(28)31-3)17(21)24-18(27)30-2)13(10-23-14)12(6-7-20)11-5-4-8-22-9-11/h4-5,8-10,12,23H,6H2,1-3H3,(H2,21,24,27). The molecule has 0 aromatic carbocycles. The molecule has 3 N–H and O–H groups in total. The molecule has 0 aliphatic carbocycles. The van der Waals surface area contributed by atoms with Crippen LogP contribution in [0.25, 0.3) is 0 Å². The van der Waals surface area contributed by atoms with Crippen molar-refractivity contribution in [2.45, 2.75) is 12.3 Å². The van der Waals surface area contributed by atoms with Crippen molar-refractivity contribution < 1.29 is 28.6 Å². The highest BCUT2D eigenvalue weighted by Gasteiger charge is 2.34. The Bertz CT molecular complexity index is 1010. The molecule has 0 radical (unpaired) electrons. The SMILES string of the molecule is COC(=O)NC(=N)N(C(=O)OC)c1c(C(CC#N)c2cccnc2)c[nH]c1C(=O)OC. The predicted octanol–water partition coefficient (Wildman–Crippen LogP) is 2.11. The first kappa shape index (κ1) is 22.9. The number of ether oxygens (including phenoxy) is 3. The Morgan fingerprint density at radius 3 is 2.58 bits per heavy atom. The fraction of sp³-hybridized carbons (Fsp3) is 0.263. The third-order valence-electron chi connectivity index (χ3n) is 4.24. The number of amides is 2. The molecule has 1 unspecified atom stereocenters. The van der Waals surface area contributed by atoms with Crippen LogP contribution in [0.4, 0.5) is 15.3 Å². The number of aromatic amines is 1. The van der Waals surface area contributed by atoms with Gasteiger partial charge in [0.1, 0.15) is 5.69 Å². The highest BCUT2D eigenvalue weighted by molar-refractivity contribution is 6.18. The molecule has 2 aromatic rings. The van der Waals surface area contributed by atoms with E-state index in [1.807, 2.05) is 0 Å². The lowest BCUT2D eigenvalue weighted by molar-refractivity contribution is 0.0595. The van der Waals surface area contributed by atoms with E-state index in [0.717, 1.165) is 21.3 Å². The summed E-state index contributed by atoms with van der Waals surface area (Å²) in [7, 11) is 3.29. The molecule has 0 bridgehead atoms. The predicted molar refractivity (Wildman–Crippen MR) is 107 cm³/mol. The van der Waals surface area contributed by atoms with Gasteiger partial charge in [-0.2, -0.15) is 5.26 Å². The van der Waals surface area contributed by atoms with Crippen molar-refractivity contribution in [3.8, 4) is 6.07 Å². The van der Waals surface area contributed by atoms with Gasteiger partial charge in [-0.05, 0) is 11.6 Å². The van der Waals surface area contributed by atoms with Crippen LogP contribution in [0, 0.1) is 16.7 Å². The summed E-state index contributed by atoms with van der Waals surface area (Å²) >= 11 is 0. The molecule has 1 atom stereocenters. The van der Waals surface area contributed by atoms with E-state index in [-0.39, 0.29) is 17.8 Å². The van der Waals surface area contributed by atoms with Crippen LogP contribution in [-0.2, 0) is 14.2 Å². The summed E-state index contributed by atoms with van der Waals surface area (Å²) in [6.07, 6.45) is 2.38. The van der Waals surface area contributed by atoms with Gasteiger partial charge in [0.15, 0.2) is 0 Å². The highest BCUT2D eigenvalue weighted by atomic mass is 16.5. The van der Waals surface area contributed by atoms with Crippen molar-refractivity contribution in [2.24, 2.45) is 0 Å². The van der Waals surface area contributed by atoms with Gasteiger partial charge in [0.25, 0.3) is 0 Å². The van der Waals surface area contributed by atoms with Gasteiger partial charge in [0, 0.05) is 36.5 Å². The van der Waals surface area contributed by atoms with Crippen molar-refractivity contribution in [2.75, 3.05) is 26.2 Å². The molecule has 12 nitrogen and oxygen atoms in total. The molecule has 162 valence electrons. The maximum Gasteiger partial charge on any atom is 0.421 e. The number of methoxy groups -OCH3 is 3. The molecule has 12 heteroatoms. The first-order valence-electron chi connectivity index (χ1n) is 8.77. The fourth-order valence-corrected chi connectivity index (χ4v) is 2.87. The number of nitriles is 1. The summed E-state index contributed by atoms with van der Waals surface area (Å²) in [5.41, 5.74) is 0.616. The normalized spacial score (nSPS) is 10.9. The van der Waals surface area contributed by atoms with E-state index in [2.05, 4.69) is 26.1 Å². The summed E-state index contributed by atoms with van der Waals surface area (Å²) < 4.78 is 14.0. The van der Waals surface area contributed by atoms with Crippen molar-refractivity contribution >= 4 is 29.8 Å². The van der Waals surface area contributed by atoms with E-state index in [9.17, 15) is 19.6 Å². The maximum absolute atomic E-state index is 12.6. The Hall–Kier alpha value is -4.40. The number of hydrogen-bond acceptors (Lipinski definition) is 9. The van der Waals surface area contributed by atoms with Crippen LogP contribution in [0.3, 0.4) is 0 Å². The zero-order valence-electron chi connectivity index (χ0n) is 17.0. The van der Waals surface area contributed by atoms with Gasteiger partial charge >= 0.3 is 18.2 Å². The summed E-state index contributed by atoms with van der Waals surface area (Å²) in [6, 6.07) is 5.46. The molecule has 2 heterocycles. The van der Waals surface area contributed by atoms with Crippen LogP contribution >= 0.6 is 0 Å². The quantitative estimate of drug-likeness (QED) is 0.281. The second-order valence-corrected chi connectivity index (χ2v) is 5.93. The minimum Gasteiger partial charge on any atom is -0.464 e. The monoisotopic (exact) mass is 428 g/mol. The third-order valence-corrected chi connectivity index (χ3v) is 4.24. The molecule has 0 spiro atoms. The van der Waals surface area contributed by atoms with Crippen molar-refractivity contribution in [3.05, 3.63) is 47.5 Å². The average molecular weight is 428 g/mol. The summed E-state index contributed by atoms with van der Waals surface area (Å²) in [4.78, 5) is 44.0. The Morgan fingerprint density at radius 1 is 1.29 bits per heavy atom. The van der Waals surface area contributed by atoms with Gasteiger partial charge in [-0.15, -0.1) is 0 Å². The Morgan fingerprint density at radius 2 is 2.03 bits per heavy atom. The maximum atomic E-state index is 12.6. The number of alkyl carbamates (subject to hydrolysis) is 1. The largest absolute Gasteiger partial charge is 0.464 e. The lowest BCUT2D eigenvalue weighted by atomic mass is 9.90. The molecule has 0 aliphatic rings. The number of H-pyrrole nitrogens is 1. The van der Waals surface area contributed by atoms with E-state index in [1.54, 1.807) is 18.3 Å². The molecule has 2 amide bonds. The van der Waals surface area contributed by atoms with E-state index in [1.165, 1.54) is 12.4 Å². The number of nitrogens with zero attached hydrogens (tertiary/aromatic N) is 3. The molecule has 0 saturated carbocycles. The second kappa shape index (κ2) is 10.4. The van der Waals surface area contributed by atoms with Gasteiger partial charge in [0.2, 0.25) is 5.96 Å². The molecular formula is C19H20N6O6. The van der Waals surface area contributed by atoms with E-state index < -0.39 is 30.0 Å². The van der Waals surface area contributed by atoms with Gasteiger partial charge < -0.3 is 19.2 Å². The Labute approximate surface area is 177 Å². The minimum absolute atomic E-state index is 0.0378. The fourth-order valence-electron chi connectivity index (χ4n) is 2.87. The number of pyridine rings is 1. The average Bonchev–Trinajstić information content (AvgIpc) is 3.21. The number of rotatable bonds is 5. The summed E-state index contributed by atoms with van der Waals surface area (Å²) in [6.45, 7) is 0. The zero-order valence-corrected chi connectivity index (χ0v) is 17.0. The number of carbonyl (C=O) groups excluding carboxylic acids is 3.